The summed E-state index contributed by atoms with van der Waals surface area (Å²) in [5.74, 6) is 7.87. The lowest BCUT2D eigenvalue weighted by molar-refractivity contribution is 0.330. The van der Waals surface area contributed by atoms with Gasteiger partial charge in [-0.15, -0.1) is 0 Å². The SMILES string of the molecule is CCC1CCC(Nc2cc(NN)nc(SC)n2)CC1. The highest BCUT2D eigenvalue weighted by atomic mass is 32.2. The maximum absolute atomic E-state index is 5.43. The number of nitrogen functional groups attached to an aromatic ring is 1. The highest BCUT2D eigenvalue weighted by molar-refractivity contribution is 7.98. The van der Waals surface area contributed by atoms with Gasteiger partial charge in [0.25, 0.3) is 0 Å². The van der Waals surface area contributed by atoms with Crippen molar-refractivity contribution >= 4 is 23.4 Å². The van der Waals surface area contributed by atoms with Gasteiger partial charge in [-0.2, -0.15) is 0 Å². The summed E-state index contributed by atoms with van der Waals surface area (Å²) in [6, 6.07) is 2.39. The highest BCUT2D eigenvalue weighted by Crippen LogP contribution is 2.28. The Balaban J connectivity index is 1.99. The van der Waals surface area contributed by atoms with Gasteiger partial charge in [-0.05, 0) is 37.9 Å². The second-order valence-electron chi connectivity index (χ2n) is 5.04. The van der Waals surface area contributed by atoms with Gasteiger partial charge < -0.3 is 10.7 Å². The summed E-state index contributed by atoms with van der Waals surface area (Å²) in [7, 11) is 0. The molecule has 0 aliphatic heterocycles. The summed E-state index contributed by atoms with van der Waals surface area (Å²) in [5.41, 5.74) is 2.59. The molecule has 4 N–H and O–H groups in total. The first-order valence-corrected chi connectivity index (χ1v) is 8.13. The summed E-state index contributed by atoms with van der Waals surface area (Å²) in [5, 5.41) is 4.25. The van der Waals surface area contributed by atoms with E-state index in [-0.39, 0.29) is 0 Å². The zero-order valence-corrected chi connectivity index (χ0v) is 12.5. The summed E-state index contributed by atoms with van der Waals surface area (Å²) in [6.07, 6.45) is 8.35. The average molecular weight is 281 g/mol. The highest BCUT2D eigenvalue weighted by Gasteiger charge is 2.20. The van der Waals surface area contributed by atoms with Gasteiger partial charge >= 0.3 is 0 Å². The van der Waals surface area contributed by atoms with Crippen LogP contribution in [0, 0.1) is 5.92 Å². The van der Waals surface area contributed by atoms with E-state index in [4.69, 9.17) is 5.84 Å². The van der Waals surface area contributed by atoms with Crippen molar-refractivity contribution in [1.29, 1.82) is 0 Å². The van der Waals surface area contributed by atoms with Gasteiger partial charge in [0, 0.05) is 12.1 Å². The largest absolute Gasteiger partial charge is 0.367 e. The maximum Gasteiger partial charge on any atom is 0.191 e. The van der Waals surface area contributed by atoms with Crippen LogP contribution in [0.4, 0.5) is 11.6 Å². The summed E-state index contributed by atoms with van der Waals surface area (Å²) >= 11 is 1.52. The van der Waals surface area contributed by atoms with Crippen molar-refractivity contribution in [2.24, 2.45) is 11.8 Å². The number of rotatable bonds is 5. The molecule has 5 nitrogen and oxygen atoms in total. The van der Waals surface area contributed by atoms with Crippen LogP contribution < -0.4 is 16.6 Å². The molecule has 1 fully saturated rings. The number of nitrogens with two attached hydrogens (primary N) is 1. The van der Waals surface area contributed by atoms with Gasteiger partial charge in [-0.1, -0.05) is 25.1 Å². The molecule has 1 aromatic heterocycles. The lowest BCUT2D eigenvalue weighted by atomic mass is 9.84. The number of hydrogen-bond donors (Lipinski definition) is 3. The molecular formula is C13H23N5S. The molecule has 2 rings (SSSR count). The van der Waals surface area contributed by atoms with Crippen LogP contribution in [0.2, 0.25) is 0 Å². The van der Waals surface area contributed by atoms with E-state index in [2.05, 4.69) is 27.6 Å². The van der Waals surface area contributed by atoms with Gasteiger partial charge in [0.1, 0.15) is 11.6 Å². The van der Waals surface area contributed by atoms with Crippen molar-refractivity contribution in [2.45, 2.75) is 50.2 Å². The molecule has 1 aromatic rings. The van der Waals surface area contributed by atoms with Crippen LogP contribution in [0.1, 0.15) is 39.0 Å². The molecule has 1 heterocycles. The standard InChI is InChI=1S/C13H23N5S/c1-3-9-4-6-10(7-5-9)15-11-8-12(18-14)17-13(16-11)19-2/h8-10H,3-7,14H2,1-2H3,(H2,15,16,17,18). The quantitative estimate of drug-likeness (QED) is 0.333. The van der Waals surface area contributed by atoms with Gasteiger partial charge in [0.15, 0.2) is 5.16 Å². The molecule has 0 bridgehead atoms. The fourth-order valence-corrected chi connectivity index (χ4v) is 2.97. The fraction of sp³-hybridized carbons (Fsp3) is 0.692. The molecule has 0 radical (unpaired) electrons. The molecule has 0 aromatic carbocycles. The Labute approximate surface area is 119 Å². The van der Waals surface area contributed by atoms with Crippen molar-refractivity contribution in [2.75, 3.05) is 17.0 Å². The zero-order valence-electron chi connectivity index (χ0n) is 11.6. The third kappa shape index (κ3) is 3.98. The molecular weight excluding hydrogens is 258 g/mol. The minimum atomic E-state index is 0.526. The van der Waals surface area contributed by atoms with E-state index in [0.29, 0.717) is 11.9 Å². The first-order chi connectivity index (χ1) is 9.25. The zero-order chi connectivity index (χ0) is 13.7. The third-order valence-corrected chi connectivity index (χ3v) is 4.36. The predicted octanol–water partition coefficient (Wildman–Crippen LogP) is 2.86. The third-order valence-electron chi connectivity index (χ3n) is 3.81. The number of hydrogen-bond acceptors (Lipinski definition) is 6. The van der Waals surface area contributed by atoms with E-state index in [1.165, 1.54) is 43.9 Å². The second kappa shape index (κ2) is 6.96. The smallest absolute Gasteiger partial charge is 0.191 e. The van der Waals surface area contributed by atoms with Gasteiger partial charge in [0.2, 0.25) is 0 Å². The van der Waals surface area contributed by atoms with E-state index < -0.39 is 0 Å². The summed E-state index contributed by atoms with van der Waals surface area (Å²) < 4.78 is 0. The van der Waals surface area contributed by atoms with Crippen LogP contribution in [0.5, 0.6) is 0 Å². The maximum atomic E-state index is 5.43. The number of hydrazine groups is 1. The summed E-state index contributed by atoms with van der Waals surface area (Å²) in [4.78, 5) is 8.74. The van der Waals surface area contributed by atoms with Crippen molar-refractivity contribution < 1.29 is 0 Å². The summed E-state index contributed by atoms with van der Waals surface area (Å²) in [6.45, 7) is 2.28. The van der Waals surface area contributed by atoms with Crippen LogP contribution in [0.3, 0.4) is 0 Å². The predicted molar refractivity (Wildman–Crippen MR) is 81.3 cm³/mol. The first kappa shape index (κ1) is 14.4. The van der Waals surface area contributed by atoms with Crippen molar-refractivity contribution in [3.8, 4) is 0 Å². The topological polar surface area (TPSA) is 75.9 Å². The Morgan fingerprint density at radius 2 is 1.95 bits per heavy atom. The van der Waals surface area contributed by atoms with Gasteiger partial charge in [0.05, 0.1) is 0 Å². The van der Waals surface area contributed by atoms with Gasteiger partial charge in [-0.3, -0.25) is 0 Å². The Hall–Kier alpha value is -1.01. The van der Waals surface area contributed by atoms with E-state index >= 15 is 0 Å². The normalized spacial score (nSPS) is 23.1. The second-order valence-corrected chi connectivity index (χ2v) is 5.81. The molecule has 0 spiro atoms. The molecule has 0 unspecified atom stereocenters. The Morgan fingerprint density at radius 1 is 1.26 bits per heavy atom. The minimum Gasteiger partial charge on any atom is -0.367 e. The number of nitrogens with zero attached hydrogens (tertiary/aromatic N) is 2. The molecule has 1 aliphatic carbocycles. The van der Waals surface area contributed by atoms with Crippen LogP contribution in [-0.2, 0) is 0 Å². The van der Waals surface area contributed by atoms with Crippen LogP contribution in [0.15, 0.2) is 11.2 Å². The Morgan fingerprint density at radius 3 is 2.53 bits per heavy atom. The van der Waals surface area contributed by atoms with E-state index in [1.54, 1.807) is 0 Å². The molecule has 106 valence electrons. The molecule has 0 atom stereocenters. The molecule has 0 amide bonds. The molecule has 0 saturated heterocycles. The molecule has 1 saturated carbocycles. The average Bonchev–Trinajstić information content (AvgIpc) is 2.47. The van der Waals surface area contributed by atoms with E-state index in [9.17, 15) is 0 Å². The number of aromatic nitrogens is 2. The fourth-order valence-electron chi connectivity index (χ4n) is 2.59. The first-order valence-electron chi connectivity index (χ1n) is 6.91. The van der Waals surface area contributed by atoms with Crippen molar-refractivity contribution in [1.82, 2.24) is 9.97 Å². The van der Waals surface area contributed by atoms with Crippen LogP contribution in [0.25, 0.3) is 0 Å². The number of thioether (sulfide) groups is 1. The van der Waals surface area contributed by atoms with E-state index in [1.807, 2.05) is 12.3 Å². The number of anilines is 2. The van der Waals surface area contributed by atoms with E-state index in [0.717, 1.165) is 16.9 Å². The van der Waals surface area contributed by atoms with Crippen LogP contribution >= 0.6 is 11.8 Å². The lowest BCUT2D eigenvalue weighted by Crippen LogP contribution is -2.26. The Bertz CT molecular complexity index is 382. The molecule has 1 aliphatic rings. The van der Waals surface area contributed by atoms with Crippen molar-refractivity contribution in [3.05, 3.63) is 6.07 Å². The minimum absolute atomic E-state index is 0.526. The number of nitrogens with one attached hydrogen (secondary N) is 2. The van der Waals surface area contributed by atoms with Gasteiger partial charge in [-0.25, -0.2) is 15.8 Å². The van der Waals surface area contributed by atoms with Crippen molar-refractivity contribution in [3.63, 3.8) is 0 Å². The molecule has 19 heavy (non-hydrogen) atoms. The monoisotopic (exact) mass is 281 g/mol. The molecule has 6 heteroatoms. The lowest BCUT2D eigenvalue weighted by Gasteiger charge is -2.28. The van der Waals surface area contributed by atoms with Crippen LogP contribution in [-0.4, -0.2) is 22.3 Å². The Kier molecular flexibility index (Phi) is 5.27.